The lowest BCUT2D eigenvalue weighted by Gasteiger charge is -2.58. The zero-order chi connectivity index (χ0) is 13.7. The number of H-pyrrole nitrogens is 1. The molecule has 5 nitrogen and oxygen atoms in total. The summed E-state index contributed by atoms with van der Waals surface area (Å²) in [6, 6.07) is 4.54. The van der Waals surface area contributed by atoms with Gasteiger partial charge in [0.05, 0.1) is 12.2 Å². The van der Waals surface area contributed by atoms with E-state index in [0.717, 1.165) is 37.2 Å². The summed E-state index contributed by atoms with van der Waals surface area (Å²) in [6.07, 6.45) is 8.24. The Balaban J connectivity index is 1.41. The number of likely N-dealkylation sites (tertiary alicyclic amines) is 1. The van der Waals surface area contributed by atoms with Crippen LogP contribution in [0.5, 0.6) is 0 Å². The van der Waals surface area contributed by atoms with E-state index in [1.807, 2.05) is 23.4 Å². The van der Waals surface area contributed by atoms with Gasteiger partial charge < -0.3 is 9.88 Å². The van der Waals surface area contributed by atoms with Gasteiger partial charge in [-0.15, -0.1) is 0 Å². The molecule has 20 heavy (non-hydrogen) atoms. The van der Waals surface area contributed by atoms with Crippen LogP contribution in [0.3, 0.4) is 0 Å². The van der Waals surface area contributed by atoms with Gasteiger partial charge in [-0.3, -0.25) is 9.48 Å². The molecule has 2 aliphatic rings. The van der Waals surface area contributed by atoms with Gasteiger partial charge >= 0.3 is 0 Å². The van der Waals surface area contributed by atoms with Gasteiger partial charge in [-0.05, 0) is 25.0 Å². The highest BCUT2D eigenvalue weighted by molar-refractivity contribution is 5.74. The van der Waals surface area contributed by atoms with Crippen LogP contribution in [0.2, 0.25) is 0 Å². The van der Waals surface area contributed by atoms with Gasteiger partial charge in [0.2, 0.25) is 5.91 Å². The van der Waals surface area contributed by atoms with Crippen LogP contribution in [0.4, 0.5) is 0 Å². The number of hydrogen-bond donors (Lipinski definition) is 1. The highest BCUT2D eigenvalue weighted by Crippen LogP contribution is 2.53. The Labute approximate surface area is 117 Å². The average Bonchev–Trinajstić information content (AvgIpc) is 2.94. The van der Waals surface area contributed by atoms with Crippen molar-refractivity contribution in [3.05, 3.63) is 30.7 Å². The Hall–Kier alpha value is -2.04. The van der Waals surface area contributed by atoms with Gasteiger partial charge in [0, 0.05) is 49.1 Å². The van der Waals surface area contributed by atoms with E-state index in [0.29, 0.717) is 11.5 Å². The van der Waals surface area contributed by atoms with Gasteiger partial charge in [-0.1, -0.05) is 0 Å². The molecule has 3 heterocycles. The first kappa shape index (κ1) is 11.8. The molecule has 1 saturated heterocycles. The molecule has 0 atom stereocenters. The molecule has 1 amide bonds. The minimum atomic E-state index is 0.201. The number of amides is 1. The number of aromatic nitrogens is 3. The van der Waals surface area contributed by atoms with E-state index in [4.69, 9.17) is 0 Å². The highest BCUT2D eigenvalue weighted by Gasteiger charge is 2.53. The molecule has 0 aromatic carbocycles. The number of aromatic amines is 1. The Bertz CT molecular complexity index is 629. The zero-order valence-electron chi connectivity index (χ0n) is 11.5. The number of carbonyl (C=O) groups excluding carboxylic acids is 1. The predicted octanol–water partition coefficient (Wildman–Crippen LogP) is 2.06. The van der Waals surface area contributed by atoms with Crippen LogP contribution in [0.25, 0.3) is 11.3 Å². The van der Waals surface area contributed by atoms with E-state index in [2.05, 4.69) is 27.0 Å². The van der Waals surface area contributed by atoms with E-state index in [1.54, 1.807) is 6.92 Å². The summed E-state index contributed by atoms with van der Waals surface area (Å²) in [6.45, 7) is 3.52. The fourth-order valence-electron chi connectivity index (χ4n) is 3.56. The number of rotatable bonds is 2. The molecule has 1 spiro atoms. The Morgan fingerprint density at radius 1 is 1.45 bits per heavy atom. The van der Waals surface area contributed by atoms with Crippen molar-refractivity contribution < 1.29 is 4.79 Å². The zero-order valence-corrected chi connectivity index (χ0v) is 11.5. The normalized spacial score (nSPS) is 20.8. The molecule has 0 radical (unpaired) electrons. The molecule has 104 valence electrons. The third-order valence-electron chi connectivity index (χ3n) is 4.72. The van der Waals surface area contributed by atoms with Crippen molar-refractivity contribution in [1.82, 2.24) is 19.7 Å². The first-order valence-corrected chi connectivity index (χ1v) is 7.09. The van der Waals surface area contributed by atoms with Crippen LogP contribution in [-0.4, -0.2) is 38.7 Å². The van der Waals surface area contributed by atoms with Crippen LogP contribution in [0.15, 0.2) is 30.7 Å². The van der Waals surface area contributed by atoms with Gasteiger partial charge in [0.25, 0.3) is 0 Å². The van der Waals surface area contributed by atoms with E-state index in [1.165, 1.54) is 0 Å². The molecule has 0 bridgehead atoms. The quantitative estimate of drug-likeness (QED) is 0.908. The van der Waals surface area contributed by atoms with Crippen molar-refractivity contribution >= 4 is 5.91 Å². The van der Waals surface area contributed by atoms with E-state index < -0.39 is 0 Å². The van der Waals surface area contributed by atoms with Crippen LogP contribution >= 0.6 is 0 Å². The Kier molecular flexibility index (Phi) is 2.34. The van der Waals surface area contributed by atoms with Crippen LogP contribution in [0.1, 0.15) is 25.8 Å². The van der Waals surface area contributed by atoms with Crippen molar-refractivity contribution in [3.63, 3.8) is 0 Å². The summed E-state index contributed by atoms with van der Waals surface area (Å²) in [5, 5.41) is 4.49. The summed E-state index contributed by atoms with van der Waals surface area (Å²) in [7, 11) is 0. The van der Waals surface area contributed by atoms with Gasteiger partial charge in [-0.2, -0.15) is 5.10 Å². The van der Waals surface area contributed by atoms with Crippen molar-refractivity contribution in [3.8, 4) is 11.3 Å². The predicted molar refractivity (Wildman–Crippen MR) is 75.0 cm³/mol. The Morgan fingerprint density at radius 2 is 2.25 bits per heavy atom. The van der Waals surface area contributed by atoms with E-state index in [9.17, 15) is 4.79 Å². The second-order valence-electron chi connectivity index (χ2n) is 6.23. The Morgan fingerprint density at radius 3 is 2.90 bits per heavy atom. The maximum Gasteiger partial charge on any atom is 0.219 e. The lowest BCUT2D eigenvalue weighted by molar-refractivity contribution is -0.151. The minimum absolute atomic E-state index is 0.201. The summed E-state index contributed by atoms with van der Waals surface area (Å²) < 4.78 is 2.08. The lowest BCUT2D eigenvalue weighted by atomic mass is 9.60. The molecule has 1 N–H and O–H groups in total. The average molecular weight is 270 g/mol. The summed E-state index contributed by atoms with van der Waals surface area (Å²) in [5.41, 5.74) is 2.63. The monoisotopic (exact) mass is 270 g/mol. The molecule has 2 aromatic heterocycles. The molecular formula is C15H18N4O. The summed E-state index contributed by atoms with van der Waals surface area (Å²) >= 11 is 0. The third-order valence-corrected chi connectivity index (χ3v) is 4.72. The van der Waals surface area contributed by atoms with Crippen LogP contribution < -0.4 is 0 Å². The van der Waals surface area contributed by atoms with Crippen LogP contribution in [-0.2, 0) is 4.79 Å². The second kappa shape index (κ2) is 3.98. The number of nitrogens with zero attached hydrogens (tertiary/aromatic N) is 3. The van der Waals surface area contributed by atoms with Crippen molar-refractivity contribution in [2.75, 3.05) is 13.1 Å². The highest BCUT2D eigenvalue weighted by atomic mass is 16.2. The SMILES string of the molecule is CC(=O)N1CC2(CC(n3cc(-c4ccc[nH]4)cn3)C2)C1. The summed E-state index contributed by atoms with van der Waals surface area (Å²) in [5.74, 6) is 0.201. The smallest absolute Gasteiger partial charge is 0.219 e. The molecule has 2 aromatic rings. The standard InChI is InChI=1S/C15H18N4O/c1-11(20)18-9-15(10-18)5-13(6-15)19-8-12(7-17-19)14-3-2-4-16-14/h2-4,7-8,13,16H,5-6,9-10H2,1H3. The fraction of sp³-hybridized carbons (Fsp3) is 0.467. The maximum absolute atomic E-state index is 11.2. The number of nitrogens with one attached hydrogen (secondary N) is 1. The molecular weight excluding hydrogens is 252 g/mol. The maximum atomic E-state index is 11.2. The topological polar surface area (TPSA) is 53.9 Å². The van der Waals surface area contributed by atoms with E-state index in [-0.39, 0.29) is 5.91 Å². The third kappa shape index (κ3) is 1.69. The van der Waals surface area contributed by atoms with E-state index >= 15 is 0 Å². The van der Waals surface area contributed by atoms with Crippen molar-refractivity contribution in [2.24, 2.45) is 5.41 Å². The minimum Gasteiger partial charge on any atom is -0.361 e. The van der Waals surface area contributed by atoms with Gasteiger partial charge in [-0.25, -0.2) is 0 Å². The molecule has 1 aliphatic carbocycles. The number of hydrogen-bond acceptors (Lipinski definition) is 2. The fourth-order valence-corrected chi connectivity index (χ4v) is 3.56. The molecule has 0 unspecified atom stereocenters. The van der Waals surface area contributed by atoms with Gasteiger partial charge in [0.1, 0.15) is 0 Å². The number of carbonyl (C=O) groups is 1. The second-order valence-corrected chi connectivity index (χ2v) is 6.23. The first-order valence-electron chi connectivity index (χ1n) is 7.09. The largest absolute Gasteiger partial charge is 0.361 e. The van der Waals surface area contributed by atoms with Crippen molar-refractivity contribution in [2.45, 2.75) is 25.8 Å². The lowest BCUT2D eigenvalue weighted by Crippen LogP contribution is -2.63. The first-order chi connectivity index (χ1) is 9.65. The summed E-state index contributed by atoms with van der Waals surface area (Å²) in [4.78, 5) is 16.4. The molecule has 4 rings (SSSR count). The van der Waals surface area contributed by atoms with Crippen LogP contribution in [0, 0.1) is 5.41 Å². The molecule has 1 saturated carbocycles. The molecule has 5 heteroatoms. The molecule has 2 fully saturated rings. The van der Waals surface area contributed by atoms with Gasteiger partial charge in [0.15, 0.2) is 0 Å². The van der Waals surface area contributed by atoms with Crippen molar-refractivity contribution in [1.29, 1.82) is 0 Å². The molecule has 1 aliphatic heterocycles.